The Labute approximate surface area is 129 Å². The van der Waals surface area contributed by atoms with Gasteiger partial charge in [0.25, 0.3) is 0 Å². The van der Waals surface area contributed by atoms with Gasteiger partial charge in [0.2, 0.25) is 14.9 Å². The lowest BCUT2D eigenvalue weighted by atomic mass is 10.2. The Balaban J connectivity index is 2.21. The molecule has 1 aromatic carbocycles. The second-order valence-corrected chi connectivity index (χ2v) is 6.68. The average molecular weight is 319 g/mol. The SMILES string of the molecule is C=C/C=C/C(O)Cn1cc(S(=O)(=O)c2ccc(C)cc2)nn1. The van der Waals surface area contributed by atoms with Gasteiger partial charge >= 0.3 is 0 Å². The van der Waals surface area contributed by atoms with Crippen LogP contribution in [0.5, 0.6) is 0 Å². The fourth-order valence-corrected chi connectivity index (χ4v) is 2.93. The van der Waals surface area contributed by atoms with E-state index in [9.17, 15) is 13.5 Å². The molecule has 0 saturated heterocycles. The fraction of sp³-hybridized carbons (Fsp3) is 0.200. The Kier molecular flexibility index (Phi) is 4.89. The molecular weight excluding hydrogens is 302 g/mol. The number of aliphatic hydroxyl groups excluding tert-OH is 1. The molecule has 0 spiro atoms. The highest BCUT2D eigenvalue weighted by molar-refractivity contribution is 7.91. The lowest BCUT2D eigenvalue weighted by Gasteiger charge is -2.04. The Hall–Kier alpha value is -2.25. The fourth-order valence-electron chi connectivity index (χ4n) is 1.79. The molecule has 2 rings (SSSR count). The number of sulfone groups is 1. The minimum atomic E-state index is -3.70. The van der Waals surface area contributed by atoms with E-state index in [1.807, 2.05) is 6.92 Å². The number of hydrogen-bond donors (Lipinski definition) is 1. The van der Waals surface area contributed by atoms with Crippen molar-refractivity contribution in [2.75, 3.05) is 0 Å². The molecule has 116 valence electrons. The Morgan fingerprint density at radius 2 is 2.05 bits per heavy atom. The molecular formula is C15H17N3O3S. The average Bonchev–Trinajstić information content (AvgIpc) is 2.95. The van der Waals surface area contributed by atoms with E-state index in [1.54, 1.807) is 18.2 Å². The maximum atomic E-state index is 12.4. The summed E-state index contributed by atoms with van der Waals surface area (Å²) in [6.07, 6.45) is 5.18. The summed E-state index contributed by atoms with van der Waals surface area (Å²) in [5.74, 6) is 0. The van der Waals surface area contributed by atoms with Crippen molar-refractivity contribution in [1.82, 2.24) is 15.0 Å². The first-order valence-corrected chi connectivity index (χ1v) is 8.11. The van der Waals surface area contributed by atoms with Crippen LogP contribution in [-0.2, 0) is 16.4 Å². The number of aliphatic hydroxyl groups is 1. The lowest BCUT2D eigenvalue weighted by Crippen LogP contribution is -2.13. The smallest absolute Gasteiger partial charge is 0.227 e. The van der Waals surface area contributed by atoms with Crippen LogP contribution in [0.25, 0.3) is 0 Å². The van der Waals surface area contributed by atoms with Crippen molar-refractivity contribution in [3.63, 3.8) is 0 Å². The zero-order valence-electron chi connectivity index (χ0n) is 12.1. The van der Waals surface area contributed by atoms with Gasteiger partial charge in [-0.05, 0) is 19.1 Å². The summed E-state index contributed by atoms with van der Waals surface area (Å²) in [5.41, 5.74) is 0.972. The summed E-state index contributed by atoms with van der Waals surface area (Å²) in [6.45, 7) is 5.50. The maximum absolute atomic E-state index is 12.4. The quantitative estimate of drug-likeness (QED) is 0.816. The zero-order valence-corrected chi connectivity index (χ0v) is 12.9. The largest absolute Gasteiger partial charge is 0.387 e. The van der Waals surface area contributed by atoms with Crippen molar-refractivity contribution < 1.29 is 13.5 Å². The molecule has 0 fully saturated rings. The monoisotopic (exact) mass is 319 g/mol. The summed E-state index contributed by atoms with van der Waals surface area (Å²) < 4.78 is 26.1. The van der Waals surface area contributed by atoms with Crippen LogP contribution < -0.4 is 0 Å². The second kappa shape index (κ2) is 6.67. The Morgan fingerprint density at radius 1 is 1.36 bits per heavy atom. The van der Waals surface area contributed by atoms with Crippen LogP contribution in [-0.4, -0.2) is 34.6 Å². The lowest BCUT2D eigenvalue weighted by molar-refractivity contribution is 0.194. The predicted octanol–water partition coefficient (Wildman–Crippen LogP) is 1.52. The van der Waals surface area contributed by atoms with Crippen LogP contribution in [0.15, 0.2) is 65.2 Å². The number of allylic oxidation sites excluding steroid dienone is 2. The van der Waals surface area contributed by atoms with E-state index in [0.717, 1.165) is 5.56 Å². The molecule has 2 aromatic rings. The molecule has 1 atom stereocenters. The molecule has 0 aliphatic heterocycles. The second-order valence-electron chi connectivity index (χ2n) is 4.78. The van der Waals surface area contributed by atoms with E-state index >= 15 is 0 Å². The number of aromatic nitrogens is 3. The third kappa shape index (κ3) is 3.69. The van der Waals surface area contributed by atoms with E-state index in [1.165, 1.54) is 35.2 Å². The van der Waals surface area contributed by atoms with Crippen LogP contribution in [0.2, 0.25) is 0 Å². The van der Waals surface area contributed by atoms with Crippen molar-refractivity contribution >= 4 is 9.84 Å². The van der Waals surface area contributed by atoms with Crippen LogP contribution in [0.1, 0.15) is 5.56 Å². The summed E-state index contributed by atoms with van der Waals surface area (Å²) in [7, 11) is -3.70. The molecule has 0 aliphatic carbocycles. The molecule has 1 heterocycles. The molecule has 0 aliphatic rings. The summed E-state index contributed by atoms with van der Waals surface area (Å²) in [6, 6.07) is 6.51. The van der Waals surface area contributed by atoms with Crippen LogP contribution in [0.4, 0.5) is 0 Å². The molecule has 7 heteroatoms. The van der Waals surface area contributed by atoms with Crippen LogP contribution >= 0.6 is 0 Å². The third-order valence-electron chi connectivity index (χ3n) is 2.97. The summed E-state index contributed by atoms with van der Waals surface area (Å²) >= 11 is 0. The number of rotatable bonds is 6. The van der Waals surface area contributed by atoms with Gasteiger partial charge in [-0.1, -0.05) is 47.7 Å². The third-order valence-corrected chi connectivity index (χ3v) is 4.60. The van der Waals surface area contributed by atoms with E-state index in [2.05, 4.69) is 16.9 Å². The van der Waals surface area contributed by atoms with Gasteiger partial charge in [0, 0.05) is 0 Å². The summed E-state index contributed by atoms with van der Waals surface area (Å²) in [4.78, 5) is 0.164. The first-order chi connectivity index (χ1) is 10.4. The molecule has 6 nitrogen and oxygen atoms in total. The maximum Gasteiger partial charge on any atom is 0.227 e. The van der Waals surface area contributed by atoms with E-state index < -0.39 is 15.9 Å². The van der Waals surface area contributed by atoms with Crippen molar-refractivity contribution in [2.45, 2.75) is 29.5 Å². The highest BCUT2D eigenvalue weighted by atomic mass is 32.2. The molecule has 0 radical (unpaired) electrons. The van der Waals surface area contributed by atoms with Crippen molar-refractivity contribution in [3.8, 4) is 0 Å². The van der Waals surface area contributed by atoms with Crippen LogP contribution in [0, 0.1) is 6.92 Å². The van der Waals surface area contributed by atoms with Gasteiger partial charge in [0.15, 0.2) is 0 Å². The van der Waals surface area contributed by atoms with Gasteiger partial charge in [-0.3, -0.25) is 0 Å². The van der Waals surface area contributed by atoms with Crippen molar-refractivity contribution in [3.05, 3.63) is 60.8 Å². The van der Waals surface area contributed by atoms with E-state index in [-0.39, 0.29) is 16.5 Å². The molecule has 22 heavy (non-hydrogen) atoms. The van der Waals surface area contributed by atoms with Crippen molar-refractivity contribution in [2.24, 2.45) is 0 Å². The first kappa shape index (κ1) is 16.1. The van der Waals surface area contributed by atoms with Crippen molar-refractivity contribution in [1.29, 1.82) is 0 Å². The number of benzene rings is 1. The molecule has 0 saturated carbocycles. The van der Waals surface area contributed by atoms with Gasteiger partial charge in [-0.25, -0.2) is 13.1 Å². The molecule has 1 N–H and O–H groups in total. The predicted molar refractivity (Wildman–Crippen MR) is 82.0 cm³/mol. The summed E-state index contributed by atoms with van der Waals surface area (Å²) in [5, 5.41) is 17.0. The highest BCUT2D eigenvalue weighted by Crippen LogP contribution is 2.18. The minimum Gasteiger partial charge on any atom is -0.387 e. The van der Waals surface area contributed by atoms with E-state index in [4.69, 9.17) is 0 Å². The number of nitrogens with zero attached hydrogens (tertiary/aromatic N) is 3. The molecule has 1 aromatic heterocycles. The van der Waals surface area contributed by atoms with Crippen LogP contribution in [0.3, 0.4) is 0 Å². The normalized spacial score (nSPS) is 13.4. The molecule has 0 bridgehead atoms. The molecule has 0 amide bonds. The van der Waals surface area contributed by atoms with Gasteiger partial charge in [-0.2, -0.15) is 0 Å². The number of hydrogen-bond acceptors (Lipinski definition) is 5. The Bertz CT molecular complexity index is 777. The van der Waals surface area contributed by atoms with Gasteiger partial charge in [0.1, 0.15) is 0 Å². The molecule has 1 unspecified atom stereocenters. The topological polar surface area (TPSA) is 85.1 Å². The standard InChI is InChI=1S/C15H17N3O3S/c1-3-4-5-13(19)10-18-11-15(16-17-18)22(20,21)14-8-6-12(2)7-9-14/h3-9,11,13,19H,1,10H2,2H3/b5-4+. The number of aryl methyl sites for hydroxylation is 1. The first-order valence-electron chi connectivity index (χ1n) is 6.62. The Morgan fingerprint density at radius 3 is 2.68 bits per heavy atom. The van der Waals surface area contributed by atoms with Gasteiger partial charge in [0.05, 0.1) is 23.7 Å². The highest BCUT2D eigenvalue weighted by Gasteiger charge is 2.21. The zero-order chi connectivity index (χ0) is 16.2. The van der Waals surface area contributed by atoms with E-state index in [0.29, 0.717) is 0 Å². The minimum absolute atomic E-state index is 0.112. The van der Waals surface area contributed by atoms with Gasteiger partial charge in [-0.15, -0.1) is 5.10 Å². The van der Waals surface area contributed by atoms with Gasteiger partial charge < -0.3 is 5.11 Å².